The Morgan fingerprint density at radius 1 is 0.500 bits per heavy atom. The van der Waals surface area contributed by atoms with Crippen molar-refractivity contribution in [2.75, 3.05) is 0 Å². The molecule has 0 aromatic carbocycles. The van der Waals surface area contributed by atoms with Crippen LogP contribution in [0.3, 0.4) is 0 Å². The Morgan fingerprint density at radius 3 is 0.853 bits per heavy atom. The molecule has 3 unspecified atom stereocenters. The summed E-state index contributed by atoms with van der Waals surface area (Å²) >= 11 is 11.6. The molecule has 34 heavy (non-hydrogen) atoms. The van der Waals surface area contributed by atoms with E-state index in [4.69, 9.17) is 0 Å². The van der Waals surface area contributed by atoms with Crippen LogP contribution in [0.2, 0.25) is 0 Å². The van der Waals surface area contributed by atoms with Gasteiger partial charge in [-0.3, -0.25) is 0 Å². The first-order chi connectivity index (χ1) is 15.5. The number of carbonyl (C=O) groups excluding carboxylic acids is 3. The molecule has 0 aliphatic carbocycles. The normalized spacial score (nSPS) is 12.5. The van der Waals surface area contributed by atoms with Gasteiger partial charge in [-0.05, 0) is 19.3 Å². The zero-order valence-corrected chi connectivity index (χ0v) is 26.3. The van der Waals surface area contributed by atoms with Crippen molar-refractivity contribution in [1.29, 1.82) is 0 Å². The van der Waals surface area contributed by atoms with Crippen molar-refractivity contribution in [3.05, 3.63) is 0 Å². The average Bonchev–Trinajstić information content (AvgIpc) is 2.77. The molecule has 0 aliphatic heterocycles. The van der Waals surface area contributed by atoms with Gasteiger partial charge in [0.1, 0.15) is 0 Å². The quantitative estimate of drug-likeness (QED) is 0.120. The van der Waals surface area contributed by atoms with E-state index in [1.807, 2.05) is 0 Å². The summed E-state index contributed by atoms with van der Waals surface area (Å²) in [6.07, 6.45) is 15.0. The molecule has 0 rings (SSSR count). The van der Waals surface area contributed by atoms with Crippen molar-refractivity contribution in [2.45, 2.75) is 133 Å². The molecule has 0 amide bonds. The SMILES string of the molecule is CCCCCCC(S)C(=O)[O-].CCCCCCC(S)C(=O)[O-].CCCCCCC(S)C(=O)[O-].[Sb+3]. The van der Waals surface area contributed by atoms with E-state index >= 15 is 0 Å². The molecule has 0 aromatic rings. The summed E-state index contributed by atoms with van der Waals surface area (Å²) in [5, 5.41) is 28.8. The van der Waals surface area contributed by atoms with Crippen LogP contribution >= 0.6 is 37.9 Å². The van der Waals surface area contributed by atoms with Gasteiger partial charge in [-0.15, -0.1) is 0 Å². The zero-order chi connectivity index (χ0) is 26.1. The maximum atomic E-state index is 10.2. The van der Waals surface area contributed by atoms with Gasteiger partial charge >= 0.3 is 24.4 Å². The molecule has 200 valence electrons. The van der Waals surface area contributed by atoms with Crippen LogP contribution in [-0.2, 0) is 14.4 Å². The summed E-state index contributed by atoms with van der Waals surface area (Å²) in [4.78, 5) is 30.5. The molecule has 0 saturated heterocycles. The molecule has 0 bridgehead atoms. The van der Waals surface area contributed by atoms with E-state index < -0.39 is 33.7 Å². The smallest absolute Gasteiger partial charge is 0.549 e. The van der Waals surface area contributed by atoms with Crippen molar-refractivity contribution >= 4 is 80.2 Å². The third-order valence-electron chi connectivity index (χ3n) is 4.81. The number of carboxylic acids is 3. The van der Waals surface area contributed by atoms with Crippen LogP contribution in [0.25, 0.3) is 0 Å². The average molecular weight is 648 g/mol. The first kappa shape index (κ1) is 41.4. The van der Waals surface area contributed by atoms with Crippen LogP contribution in [0.15, 0.2) is 0 Å². The molecule has 6 nitrogen and oxygen atoms in total. The summed E-state index contributed by atoms with van der Waals surface area (Å²) in [5.74, 6) is -3.15. The molecule has 0 N–H and O–H groups in total. The predicted molar refractivity (Wildman–Crippen MR) is 145 cm³/mol. The fraction of sp³-hybridized carbons (Fsp3) is 0.875. The Morgan fingerprint density at radius 2 is 0.706 bits per heavy atom. The van der Waals surface area contributed by atoms with E-state index in [0.717, 1.165) is 38.5 Å². The minimum absolute atomic E-state index is 0. The van der Waals surface area contributed by atoms with Gasteiger partial charge in [-0.2, -0.15) is 37.9 Å². The monoisotopic (exact) mass is 646 g/mol. The van der Waals surface area contributed by atoms with Gasteiger partial charge in [0.15, 0.2) is 0 Å². The van der Waals surface area contributed by atoms with Gasteiger partial charge in [0.05, 0.1) is 17.9 Å². The summed E-state index contributed by atoms with van der Waals surface area (Å²) in [6, 6.07) is 0. The molecule has 0 fully saturated rings. The summed E-state index contributed by atoms with van der Waals surface area (Å²) in [7, 11) is 0. The Balaban J connectivity index is -0.000000196. The molecule has 0 spiro atoms. The molecule has 3 atom stereocenters. The number of hydrogen-bond donors (Lipinski definition) is 3. The second-order valence-corrected chi connectivity index (χ2v) is 9.92. The summed E-state index contributed by atoms with van der Waals surface area (Å²) in [6.45, 7) is 6.37. The molecule has 0 saturated carbocycles. The van der Waals surface area contributed by atoms with E-state index in [2.05, 4.69) is 58.7 Å². The van der Waals surface area contributed by atoms with Crippen molar-refractivity contribution in [2.24, 2.45) is 0 Å². The standard InChI is InChI=1S/3C8H16O2S.Sb/c3*1-2-3-4-5-6-7(11)8(9)10;/h3*7,11H,2-6H2,1H3,(H,9,10);/q;;;+3/p-3. The third kappa shape index (κ3) is 34.4. The van der Waals surface area contributed by atoms with Gasteiger partial charge in [0, 0.05) is 15.7 Å². The number of carbonyl (C=O) groups is 3. The van der Waals surface area contributed by atoms with Crippen LogP contribution in [0, 0.1) is 0 Å². The molecule has 0 aromatic heterocycles. The van der Waals surface area contributed by atoms with Crippen molar-refractivity contribution in [1.82, 2.24) is 0 Å². The van der Waals surface area contributed by atoms with Gasteiger partial charge in [-0.25, -0.2) is 0 Å². The van der Waals surface area contributed by atoms with Crippen molar-refractivity contribution < 1.29 is 29.7 Å². The van der Waals surface area contributed by atoms with Crippen LogP contribution in [0.1, 0.15) is 117 Å². The predicted octanol–water partition coefficient (Wildman–Crippen LogP) is 2.63. The van der Waals surface area contributed by atoms with E-state index in [0.29, 0.717) is 19.3 Å². The Labute approximate surface area is 241 Å². The molecular formula is C24H45O6S3Sb. The molecule has 10 heteroatoms. The number of rotatable bonds is 18. The van der Waals surface area contributed by atoms with Gasteiger partial charge in [-0.1, -0.05) is 97.8 Å². The fourth-order valence-electron chi connectivity index (χ4n) is 2.65. The Hall–Kier alpha value is 0.278. The van der Waals surface area contributed by atoms with Gasteiger partial charge in [0.25, 0.3) is 0 Å². The summed E-state index contributed by atoms with van der Waals surface area (Å²) in [5.41, 5.74) is 0. The van der Waals surface area contributed by atoms with E-state index in [1.165, 1.54) is 38.5 Å². The Bertz CT molecular complexity index is 417. The van der Waals surface area contributed by atoms with Gasteiger partial charge < -0.3 is 29.7 Å². The van der Waals surface area contributed by atoms with Crippen LogP contribution in [0.4, 0.5) is 0 Å². The first-order valence-electron chi connectivity index (χ1n) is 12.2. The third-order valence-corrected chi connectivity index (χ3v) is 6.22. The minimum atomic E-state index is -1.05. The molecular weight excluding hydrogens is 602 g/mol. The first-order valence-corrected chi connectivity index (χ1v) is 13.8. The van der Waals surface area contributed by atoms with Crippen LogP contribution in [-0.4, -0.2) is 58.1 Å². The van der Waals surface area contributed by atoms with E-state index in [-0.39, 0.29) is 24.4 Å². The number of carboxylic acid groups (broad SMARTS) is 3. The van der Waals surface area contributed by atoms with Crippen LogP contribution < -0.4 is 15.3 Å². The number of aliphatic carboxylic acids is 3. The van der Waals surface area contributed by atoms with E-state index in [9.17, 15) is 29.7 Å². The number of unbranched alkanes of at least 4 members (excludes halogenated alkanes) is 9. The largest absolute Gasteiger partial charge is 3.00 e. The van der Waals surface area contributed by atoms with Crippen molar-refractivity contribution in [3.63, 3.8) is 0 Å². The molecule has 0 aliphatic rings. The summed E-state index contributed by atoms with van der Waals surface area (Å²) < 4.78 is 0. The van der Waals surface area contributed by atoms with Crippen molar-refractivity contribution in [3.8, 4) is 0 Å². The minimum Gasteiger partial charge on any atom is -0.549 e. The zero-order valence-electron chi connectivity index (χ0n) is 21.1. The van der Waals surface area contributed by atoms with E-state index in [1.54, 1.807) is 0 Å². The second kappa shape index (κ2) is 31.3. The maximum Gasteiger partial charge on any atom is 3.00 e. The topological polar surface area (TPSA) is 120 Å². The molecule has 2 radical (unpaired) electrons. The molecule has 0 heterocycles. The maximum absolute atomic E-state index is 10.2. The fourth-order valence-corrected chi connectivity index (χ4v) is 3.19. The van der Waals surface area contributed by atoms with Gasteiger partial charge in [0.2, 0.25) is 0 Å². The number of thiol groups is 3. The van der Waals surface area contributed by atoms with Crippen LogP contribution in [0.5, 0.6) is 0 Å². The number of hydrogen-bond acceptors (Lipinski definition) is 9. The Kier molecular flexibility index (Phi) is 38.1. The second-order valence-electron chi connectivity index (χ2n) is 8.05.